The number of pyridine rings is 1. The molecule has 23 heteroatoms. The Kier molecular flexibility index (Phi) is 11.6. The third kappa shape index (κ3) is 9.36. The lowest BCUT2D eigenvalue weighted by Crippen LogP contribution is -2.51. The number of aliphatic carboxylic acids is 2. The van der Waals surface area contributed by atoms with Crippen molar-refractivity contribution in [3.8, 4) is 23.0 Å². The van der Waals surface area contributed by atoms with E-state index in [-0.39, 0.29) is 35.6 Å². The van der Waals surface area contributed by atoms with Gasteiger partial charge in [-0.25, -0.2) is 18.4 Å². The quantitative estimate of drug-likeness (QED) is 0.233. The van der Waals surface area contributed by atoms with Crippen molar-refractivity contribution in [1.82, 2.24) is 25.2 Å². The fourth-order valence-electron chi connectivity index (χ4n) is 7.11. The average Bonchev–Trinajstić information content (AvgIpc) is 3.73. The van der Waals surface area contributed by atoms with E-state index >= 15 is 4.39 Å². The molecule has 4 aliphatic rings. The Labute approximate surface area is 302 Å². The number of aromatic nitrogens is 3. The van der Waals surface area contributed by atoms with Crippen molar-refractivity contribution in [3.05, 3.63) is 35.8 Å². The molecule has 6 heterocycles. The zero-order chi connectivity index (χ0) is 40.7. The molecule has 0 radical (unpaired) electrons. The Hall–Kier alpha value is -4.80. The second kappa shape index (κ2) is 15.4. The van der Waals surface area contributed by atoms with Crippen LogP contribution >= 0.6 is 0 Å². The van der Waals surface area contributed by atoms with E-state index in [9.17, 15) is 49.0 Å². The molecule has 55 heavy (non-hydrogen) atoms. The monoisotopic (exact) mass is 804 g/mol. The van der Waals surface area contributed by atoms with E-state index < -0.39 is 70.6 Å². The third-order valence-corrected chi connectivity index (χ3v) is 9.44. The molecule has 4 N–H and O–H groups in total. The standard InChI is InChI=1S/C28H29F5N6O2.2C2HF3O2/c29-15-9-27(6-1-7-39(27)11-15)14-41-26-36-24-20(25(37-26)38-12-16-2-3-17(13-38)35-16)10-34-23(22(24)30)19-8-18(40)4-5-21(19)28(31,32)33;2*3-2(4,5)1(6)7/h4-5,8,10,15-17,35,40H,1-3,6-7,9,11-14H2;2*(H,6,7)/t15?,16-,17+,27?;;. The van der Waals surface area contributed by atoms with E-state index in [4.69, 9.17) is 24.5 Å². The number of phenolic OH excluding ortho intramolecular Hbond substituents is 1. The topological polar surface area (TPSA) is 161 Å². The largest absolute Gasteiger partial charge is 0.508 e. The number of hydrogen-bond donors (Lipinski definition) is 4. The van der Waals surface area contributed by atoms with Gasteiger partial charge < -0.3 is 30.3 Å². The van der Waals surface area contributed by atoms with Gasteiger partial charge in [0.25, 0.3) is 0 Å². The van der Waals surface area contributed by atoms with Gasteiger partial charge in [0.1, 0.15) is 35.6 Å². The normalized spacial score (nSPS) is 23.8. The van der Waals surface area contributed by atoms with Gasteiger partial charge in [-0.2, -0.15) is 49.5 Å². The minimum absolute atomic E-state index is 0.120. The second-order valence-corrected chi connectivity index (χ2v) is 13.3. The first-order chi connectivity index (χ1) is 25.5. The summed E-state index contributed by atoms with van der Waals surface area (Å²) in [6, 6.07) is 2.77. The molecule has 4 fully saturated rings. The number of benzene rings is 1. The number of halogens is 11. The molecular weight excluding hydrogens is 773 g/mol. The number of rotatable bonds is 5. The average molecular weight is 805 g/mol. The number of carboxylic acids is 2. The Morgan fingerprint density at radius 1 is 0.945 bits per heavy atom. The number of hydrogen-bond acceptors (Lipinski definition) is 10. The number of alkyl halides is 10. The summed E-state index contributed by atoms with van der Waals surface area (Å²) in [6.07, 6.45) is -10.7. The van der Waals surface area contributed by atoms with Gasteiger partial charge in [-0.05, 0) is 50.4 Å². The number of anilines is 1. The maximum Gasteiger partial charge on any atom is 0.490 e. The Balaban J connectivity index is 0.000000355. The number of ether oxygens (including phenoxy) is 1. The van der Waals surface area contributed by atoms with Crippen LogP contribution in [0.25, 0.3) is 22.2 Å². The number of nitrogens with one attached hydrogen (secondary N) is 1. The summed E-state index contributed by atoms with van der Waals surface area (Å²) in [4.78, 5) is 35.0. The van der Waals surface area contributed by atoms with E-state index in [1.165, 1.54) is 6.20 Å². The van der Waals surface area contributed by atoms with Gasteiger partial charge in [0, 0.05) is 49.9 Å². The SMILES string of the molecule is O=C(O)C(F)(F)F.O=C(O)C(F)(F)F.Oc1ccc(C(F)(F)F)c(-c2ncc3c(N4C[C@H]5CC[C@@H](C4)N5)nc(OCC45CCCN4CC(F)C5)nc3c2F)c1. The van der Waals surface area contributed by atoms with E-state index in [1.807, 2.05) is 4.90 Å². The van der Waals surface area contributed by atoms with Crippen LogP contribution in [0.15, 0.2) is 24.4 Å². The van der Waals surface area contributed by atoms with Crippen LogP contribution in [-0.2, 0) is 15.8 Å². The minimum atomic E-state index is -5.08. The molecule has 0 spiro atoms. The summed E-state index contributed by atoms with van der Waals surface area (Å²) in [5.41, 5.74) is -3.04. The van der Waals surface area contributed by atoms with Crippen molar-refractivity contribution in [2.24, 2.45) is 0 Å². The third-order valence-electron chi connectivity index (χ3n) is 9.44. The summed E-state index contributed by atoms with van der Waals surface area (Å²) in [5, 5.41) is 28.0. The number of aromatic hydroxyl groups is 1. The van der Waals surface area contributed by atoms with Crippen molar-refractivity contribution in [3.63, 3.8) is 0 Å². The first kappa shape index (κ1) is 41.4. The van der Waals surface area contributed by atoms with Crippen LogP contribution in [0, 0.1) is 5.82 Å². The predicted octanol–water partition coefficient (Wildman–Crippen LogP) is 5.72. The molecule has 302 valence electrons. The van der Waals surface area contributed by atoms with E-state index in [0.717, 1.165) is 44.4 Å². The number of carbonyl (C=O) groups is 2. The summed E-state index contributed by atoms with van der Waals surface area (Å²) in [6.45, 7) is 2.45. The van der Waals surface area contributed by atoms with E-state index in [1.54, 1.807) is 0 Å². The number of carboxylic acid groups (broad SMARTS) is 2. The highest BCUT2D eigenvalue weighted by atomic mass is 19.4. The number of fused-ring (bicyclic) bond motifs is 4. The van der Waals surface area contributed by atoms with Crippen LogP contribution in [0.3, 0.4) is 0 Å². The van der Waals surface area contributed by atoms with Crippen molar-refractivity contribution >= 4 is 28.7 Å². The lowest BCUT2D eigenvalue weighted by atomic mass is 9.95. The second-order valence-electron chi connectivity index (χ2n) is 13.3. The summed E-state index contributed by atoms with van der Waals surface area (Å²) in [5.74, 6) is -6.65. The molecule has 2 bridgehead atoms. The number of phenols is 1. The molecule has 2 aromatic heterocycles. The zero-order valence-electron chi connectivity index (χ0n) is 28.1. The molecule has 1 aromatic carbocycles. The van der Waals surface area contributed by atoms with Crippen LogP contribution in [0.5, 0.6) is 11.8 Å². The molecule has 7 rings (SSSR count). The first-order valence-electron chi connectivity index (χ1n) is 16.4. The molecule has 4 aliphatic heterocycles. The molecule has 0 amide bonds. The van der Waals surface area contributed by atoms with Crippen molar-refractivity contribution in [1.29, 1.82) is 0 Å². The Morgan fingerprint density at radius 2 is 1.55 bits per heavy atom. The highest BCUT2D eigenvalue weighted by molar-refractivity contribution is 5.92. The van der Waals surface area contributed by atoms with Crippen LogP contribution in [-0.4, -0.2) is 116 Å². The van der Waals surface area contributed by atoms with E-state index in [2.05, 4.69) is 25.2 Å². The van der Waals surface area contributed by atoms with Crippen molar-refractivity contribution < 1.29 is 77.9 Å². The lowest BCUT2D eigenvalue weighted by Gasteiger charge is -2.34. The zero-order valence-corrected chi connectivity index (χ0v) is 28.1. The Morgan fingerprint density at radius 3 is 2.11 bits per heavy atom. The lowest BCUT2D eigenvalue weighted by molar-refractivity contribution is -0.193. The van der Waals surface area contributed by atoms with Crippen LogP contribution < -0.4 is 15.0 Å². The van der Waals surface area contributed by atoms with Gasteiger partial charge in [-0.15, -0.1) is 0 Å². The molecule has 4 saturated heterocycles. The summed E-state index contributed by atoms with van der Waals surface area (Å²) < 4.78 is 142. The summed E-state index contributed by atoms with van der Waals surface area (Å²) >= 11 is 0. The molecule has 3 aromatic rings. The smallest absolute Gasteiger partial charge is 0.490 e. The number of nitrogens with zero attached hydrogens (tertiary/aromatic N) is 5. The van der Waals surface area contributed by atoms with Gasteiger partial charge in [-0.3, -0.25) is 9.88 Å². The fourth-order valence-corrected chi connectivity index (χ4v) is 7.11. The van der Waals surface area contributed by atoms with Crippen LogP contribution in [0.2, 0.25) is 0 Å². The molecular formula is C32H31F11N6O6. The maximum absolute atomic E-state index is 16.2. The molecule has 12 nitrogen and oxygen atoms in total. The predicted molar refractivity (Wildman–Crippen MR) is 167 cm³/mol. The molecule has 4 atom stereocenters. The van der Waals surface area contributed by atoms with Gasteiger partial charge in [0.05, 0.1) is 16.5 Å². The fraction of sp³-hybridized carbons (Fsp3) is 0.531. The summed E-state index contributed by atoms with van der Waals surface area (Å²) in [7, 11) is 0. The Bertz CT molecular complexity index is 1880. The molecule has 2 unspecified atom stereocenters. The van der Waals surface area contributed by atoms with Crippen LogP contribution in [0.4, 0.5) is 54.1 Å². The number of piperazine rings is 1. The van der Waals surface area contributed by atoms with Gasteiger partial charge in [0.2, 0.25) is 0 Å². The van der Waals surface area contributed by atoms with Crippen LogP contribution in [0.1, 0.15) is 37.7 Å². The van der Waals surface area contributed by atoms with Gasteiger partial charge in [0.15, 0.2) is 5.82 Å². The highest BCUT2D eigenvalue weighted by Crippen LogP contribution is 2.43. The van der Waals surface area contributed by atoms with Crippen molar-refractivity contribution in [2.45, 2.75) is 74.4 Å². The van der Waals surface area contributed by atoms with E-state index in [0.29, 0.717) is 37.9 Å². The van der Waals surface area contributed by atoms with Gasteiger partial charge >= 0.3 is 36.5 Å². The first-order valence-corrected chi connectivity index (χ1v) is 16.4. The highest BCUT2D eigenvalue weighted by Gasteiger charge is 2.49. The molecule has 0 saturated carbocycles. The van der Waals surface area contributed by atoms with Gasteiger partial charge in [-0.1, -0.05) is 0 Å². The maximum atomic E-state index is 16.2. The molecule has 0 aliphatic carbocycles. The minimum Gasteiger partial charge on any atom is -0.508 e. The van der Waals surface area contributed by atoms with Crippen molar-refractivity contribution in [2.75, 3.05) is 37.7 Å².